The van der Waals surface area contributed by atoms with E-state index in [1.54, 1.807) is 0 Å². The van der Waals surface area contributed by atoms with Crippen molar-refractivity contribution in [3.63, 3.8) is 0 Å². The molecule has 0 spiro atoms. The van der Waals surface area contributed by atoms with E-state index in [9.17, 15) is 29.7 Å². The molecule has 106 valence electrons. The molecule has 0 aliphatic rings. The Labute approximate surface area is 116 Å². The fourth-order valence-electron chi connectivity index (χ4n) is 0.684. The van der Waals surface area contributed by atoms with Gasteiger partial charge in [-0.05, 0) is 0 Å². The Morgan fingerprint density at radius 1 is 0.833 bits per heavy atom. The molecule has 0 aromatic carbocycles. The Morgan fingerprint density at radius 2 is 1.06 bits per heavy atom. The molecule has 0 radical (unpaired) electrons. The maximum atomic E-state index is 10.1. The third kappa shape index (κ3) is 13.0. The first-order valence-corrected chi connectivity index (χ1v) is 3.11. The number of aliphatic carboxylic acids is 3. The zero-order valence-electron chi connectivity index (χ0n) is 9.02. The first kappa shape index (κ1) is 36.0. The molecule has 0 saturated carbocycles. The maximum absolute atomic E-state index is 10.1. The molecule has 0 bridgehead atoms. The smallest absolute Gasteiger partial charge is 0.550 e. The summed E-state index contributed by atoms with van der Waals surface area (Å²) in [4.78, 5) is 30.0. The molecule has 0 aromatic rings. The quantitative estimate of drug-likeness (QED) is 0.475. The van der Waals surface area contributed by atoms with Gasteiger partial charge in [-0.1, -0.05) is 0 Å². The SMILES string of the molecule is O.O.O.O.O=C([O-])CC(O)(CC(=O)[O-])C(=O)[O-].[Mg+2]. The van der Waals surface area contributed by atoms with E-state index in [0.29, 0.717) is 0 Å². The molecule has 0 rings (SSSR count). The van der Waals surface area contributed by atoms with Crippen LogP contribution in [0.3, 0.4) is 0 Å². The zero-order chi connectivity index (χ0) is 10.6. The molecule has 0 unspecified atom stereocenters. The van der Waals surface area contributed by atoms with Crippen LogP contribution >= 0.6 is 0 Å². The van der Waals surface area contributed by atoms with Crippen molar-refractivity contribution in [3.05, 3.63) is 0 Å². The van der Waals surface area contributed by atoms with Crippen LogP contribution in [-0.4, -0.2) is 73.6 Å². The van der Waals surface area contributed by atoms with Gasteiger partial charge in [0.15, 0.2) is 0 Å². The standard InChI is InChI=1S/C6H8O7.Mg.4H2O/c7-3(8)1-6(13,5(11)12)2-4(9)10;;;;;/h13H,1-2H2,(H,7,8)(H,9,10)(H,11,12);;4*1H2/q;+2;;;;/p-3. The van der Waals surface area contributed by atoms with Gasteiger partial charge in [0, 0.05) is 24.8 Å². The van der Waals surface area contributed by atoms with E-state index in [4.69, 9.17) is 5.11 Å². The number of hydrogen-bond donors (Lipinski definition) is 1. The van der Waals surface area contributed by atoms with Gasteiger partial charge in [0.25, 0.3) is 0 Å². The number of hydrogen-bond acceptors (Lipinski definition) is 7. The Bertz CT molecular complexity index is 236. The van der Waals surface area contributed by atoms with Crippen molar-refractivity contribution in [2.24, 2.45) is 0 Å². The second kappa shape index (κ2) is 14.0. The monoisotopic (exact) mass is 285 g/mol. The zero-order valence-corrected chi connectivity index (χ0v) is 10.4. The predicted molar refractivity (Wildman–Crippen MR) is 49.4 cm³/mol. The summed E-state index contributed by atoms with van der Waals surface area (Å²) in [5.74, 6) is -5.98. The molecule has 0 atom stereocenters. The van der Waals surface area contributed by atoms with Crippen LogP contribution in [-0.2, 0) is 14.4 Å². The number of carbonyl (C=O) groups excluding carboxylic acids is 3. The van der Waals surface area contributed by atoms with Gasteiger partial charge in [-0.3, -0.25) is 0 Å². The third-order valence-corrected chi connectivity index (χ3v) is 1.25. The van der Waals surface area contributed by atoms with E-state index in [0.717, 1.165) is 0 Å². The molecule has 0 heterocycles. The Kier molecular flexibility index (Phi) is 28.1. The van der Waals surface area contributed by atoms with Crippen molar-refractivity contribution in [1.82, 2.24) is 0 Å². The average molecular weight is 285 g/mol. The number of rotatable bonds is 5. The van der Waals surface area contributed by atoms with Crippen molar-refractivity contribution in [2.75, 3.05) is 0 Å². The summed E-state index contributed by atoms with van der Waals surface area (Å²) >= 11 is 0. The van der Waals surface area contributed by atoms with E-state index in [-0.39, 0.29) is 45.0 Å². The molecular weight excluding hydrogens is 272 g/mol. The van der Waals surface area contributed by atoms with E-state index in [2.05, 4.69) is 0 Å². The summed E-state index contributed by atoms with van der Waals surface area (Å²) in [7, 11) is 0. The minimum atomic E-state index is -2.97. The molecule has 0 aliphatic carbocycles. The molecule has 9 N–H and O–H groups in total. The van der Waals surface area contributed by atoms with Crippen LogP contribution in [0, 0.1) is 0 Å². The van der Waals surface area contributed by atoms with Crippen molar-refractivity contribution >= 4 is 41.0 Å². The Balaban J connectivity index is -0.0000000720. The first-order chi connectivity index (χ1) is 5.78. The van der Waals surface area contributed by atoms with E-state index in [1.807, 2.05) is 0 Å². The molecule has 0 aromatic heterocycles. The summed E-state index contributed by atoms with van der Waals surface area (Å²) in [6.07, 6.45) is -2.72. The minimum Gasteiger partial charge on any atom is -0.550 e. The van der Waals surface area contributed by atoms with Crippen molar-refractivity contribution in [3.8, 4) is 0 Å². The topological polar surface area (TPSA) is 267 Å². The van der Waals surface area contributed by atoms with Gasteiger partial charge >= 0.3 is 23.1 Å². The van der Waals surface area contributed by atoms with Crippen LogP contribution in [0.25, 0.3) is 0 Å². The maximum Gasteiger partial charge on any atom is 2.00 e. The third-order valence-electron chi connectivity index (χ3n) is 1.25. The average Bonchev–Trinajstić information content (AvgIpc) is 1.82. The van der Waals surface area contributed by atoms with Gasteiger partial charge in [0.2, 0.25) is 0 Å². The number of aliphatic hydroxyl groups is 1. The van der Waals surface area contributed by atoms with Crippen LogP contribution in [0.5, 0.6) is 0 Å². The normalized spacial score (nSPS) is 7.83. The predicted octanol–water partition coefficient (Wildman–Crippen LogP) is -8.93. The molecule has 0 aliphatic heterocycles. The van der Waals surface area contributed by atoms with Crippen molar-refractivity contribution in [2.45, 2.75) is 18.4 Å². The summed E-state index contributed by atoms with van der Waals surface area (Å²) < 4.78 is 0. The number of carboxylic acids is 3. The van der Waals surface area contributed by atoms with Gasteiger partial charge in [-0.2, -0.15) is 0 Å². The molecule has 0 saturated heterocycles. The van der Waals surface area contributed by atoms with Crippen molar-refractivity contribution in [1.29, 1.82) is 0 Å². The van der Waals surface area contributed by atoms with Crippen LogP contribution in [0.1, 0.15) is 12.8 Å². The van der Waals surface area contributed by atoms with Gasteiger partial charge in [0.1, 0.15) is 5.60 Å². The molecule has 12 heteroatoms. The Morgan fingerprint density at radius 3 is 1.17 bits per heavy atom. The fourth-order valence-corrected chi connectivity index (χ4v) is 0.684. The largest absolute Gasteiger partial charge is 2.00 e. The number of carboxylic acid groups (broad SMARTS) is 3. The number of carbonyl (C=O) groups is 3. The van der Waals surface area contributed by atoms with Crippen LogP contribution in [0.4, 0.5) is 0 Å². The van der Waals surface area contributed by atoms with E-state index >= 15 is 0 Å². The summed E-state index contributed by atoms with van der Waals surface area (Å²) in [5, 5.41) is 38.9. The summed E-state index contributed by atoms with van der Waals surface area (Å²) in [6, 6.07) is 0. The second-order valence-electron chi connectivity index (χ2n) is 2.42. The molecular formula is C6H13MgO11-. The van der Waals surface area contributed by atoms with Gasteiger partial charge < -0.3 is 56.7 Å². The Hall–Kier alpha value is -1.02. The molecule has 11 nitrogen and oxygen atoms in total. The molecule has 0 fully saturated rings. The van der Waals surface area contributed by atoms with Gasteiger partial charge in [-0.25, -0.2) is 0 Å². The minimum absolute atomic E-state index is 0. The van der Waals surface area contributed by atoms with Crippen LogP contribution in [0.15, 0.2) is 0 Å². The van der Waals surface area contributed by atoms with Crippen molar-refractivity contribution < 1.29 is 56.7 Å². The van der Waals surface area contributed by atoms with Gasteiger partial charge in [-0.15, -0.1) is 0 Å². The first-order valence-electron chi connectivity index (χ1n) is 3.11. The fraction of sp³-hybridized carbons (Fsp3) is 0.500. The molecule has 18 heavy (non-hydrogen) atoms. The molecule has 0 amide bonds. The van der Waals surface area contributed by atoms with E-state index < -0.39 is 36.4 Å². The van der Waals surface area contributed by atoms with Crippen LogP contribution in [0.2, 0.25) is 0 Å². The van der Waals surface area contributed by atoms with Gasteiger partial charge in [0.05, 0.1) is 5.97 Å². The summed E-state index contributed by atoms with van der Waals surface area (Å²) in [6.45, 7) is 0. The van der Waals surface area contributed by atoms with Crippen LogP contribution < -0.4 is 15.3 Å². The van der Waals surface area contributed by atoms with E-state index in [1.165, 1.54) is 0 Å². The second-order valence-corrected chi connectivity index (χ2v) is 2.42. The summed E-state index contributed by atoms with van der Waals surface area (Å²) in [5.41, 5.74) is -2.97.